The third kappa shape index (κ3) is 3.00. The minimum absolute atomic E-state index is 0.0450. The standard InChI is InChI=1S/C8H9ClN6O2/c1-4-11-5(15-17-4)3-10-7-12-6(9)13-8(14-7)16-2/h3H2,1-2H3,(H,10,12,13,14). The van der Waals surface area contributed by atoms with E-state index in [4.69, 9.17) is 20.9 Å². The number of rotatable bonds is 4. The Morgan fingerprint density at radius 3 is 2.76 bits per heavy atom. The molecule has 0 aromatic carbocycles. The van der Waals surface area contributed by atoms with Gasteiger partial charge in [-0.05, 0) is 11.6 Å². The molecule has 0 fully saturated rings. The second kappa shape index (κ2) is 4.91. The van der Waals surface area contributed by atoms with Crippen molar-refractivity contribution in [2.45, 2.75) is 13.5 Å². The predicted molar refractivity (Wildman–Crippen MR) is 57.8 cm³/mol. The van der Waals surface area contributed by atoms with Crippen molar-refractivity contribution in [2.75, 3.05) is 12.4 Å². The number of ether oxygens (including phenoxy) is 1. The smallest absolute Gasteiger partial charge is 0.322 e. The van der Waals surface area contributed by atoms with Crippen LogP contribution in [-0.4, -0.2) is 32.2 Å². The van der Waals surface area contributed by atoms with Crippen molar-refractivity contribution in [3.63, 3.8) is 0 Å². The number of nitrogens with one attached hydrogen (secondary N) is 1. The van der Waals surface area contributed by atoms with Crippen molar-refractivity contribution in [3.8, 4) is 6.01 Å². The molecule has 2 rings (SSSR count). The molecule has 0 aliphatic rings. The van der Waals surface area contributed by atoms with Crippen molar-refractivity contribution in [3.05, 3.63) is 17.0 Å². The van der Waals surface area contributed by atoms with Crippen LogP contribution in [0.15, 0.2) is 4.52 Å². The number of anilines is 1. The van der Waals surface area contributed by atoms with Crippen molar-refractivity contribution in [1.29, 1.82) is 0 Å². The molecule has 0 radical (unpaired) electrons. The Kier molecular flexibility index (Phi) is 3.33. The van der Waals surface area contributed by atoms with E-state index in [2.05, 4.69) is 30.4 Å². The quantitative estimate of drug-likeness (QED) is 0.859. The van der Waals surface area contributed by atoms with Crippen LogP contribution < -0.4 is 10.1 Å². The van der Waals surface area contributed by atoms with Crippen LogP contribution in [0.25, 0.3) is 0 Å². The molecule has 0 unspecified atom stereocenters. The maximum Gasteiger partial charge on any atom is 0.322 e. The monoisotopic (exact) mass is 256 g/mol. The highest BCUT2D eigenvalue weighted by molar-refractivity contribution is 6.28. The van der Waals surface area contributed by atoms with E-state index in [-0.39, 0.29) is 17.2 Å². The zero-order valence-electron chi connectivity index (χ0n) is 9.14. The second-order valence-corrected chi connectivity index (χ2v) is 3.34. The average Bonchev–Trinajstić information content (AvgIpc) is 2.72. The lowest BCUT2D eigenvalue weighted by atomic mass is 10.6. The summed E-state index contributed by atoms with van der Waals surface area (Å²) < 4.78 is 9.67. The molecule has 2 heterocycles. The molecule has 90 valence electrons. The summed E-state index contributed by atoms with van der Waals surface area (Å²) in [5.74, 6) is 1.27. The van der Waals surface area contributed by atoms with Crippen LogP contribution in [0, 0.1) is 6.92 Å². The molecule has 17 heavy (non-hydrogen) atoms. The second-order valence-electron chi connectivity index (χ2n) is 3.00. The van der Waals surface area contributed by atoms with Crippen LogP contribution in [0.1, 0.15) is 11.7 Å². The van der Waals surface area contributed by atoms with E-state index in [0.29, 0.717) is 18.3 Å². The minimum Gasteiger partial charge on any atom is -0.467 e. The maximum absolute atomic E-state index is 5.68. The summed E-state index contributed by atoms with van der Waals surface area (Å²) in [5.41, 5.74) is 0. The molecule has 0 spiro atoms. The van der Waals surface area contributed by atoms with Crippen molar-refractivity contribution in [2.24, 2.45) is 0 Å². The Bertz CT molecular complexity index is 516. The van der Waals surface area contributed by atoms with Gasteiger partial charge in [-0.3, -0.25) is 0 Å². The first-order valence-corrected chi connectivity index (χ1v) is 5.04. The van der Waals surface area contributed by atoms with E-state index < -0.39 is 0 Å². The fourth-order valence-corrected chi connectivity index (χ4v) is 1.23. The Balaban J connectivity index is 2.05. The van der Waals surface area contributed by atoms with Crippen LogP contribution in [0.2, 0.25) is 5.28 Å². The molecule has 0 aliphatic heterocycles. The molecule has 0 bridgehead atoms. The van der Waals surface area contributed by atoms with Gasteiger partial charge in [-0.1, -0.05) is 5.16 Å². The van der Waals surface area contributed by atoms with Gasteiger partial charge >= 0.3 is 6.01 Å². The van der Waals surface area contributed by atoms with Gasteiger partial charge in [-0.15, -0.1) is 0 Å². The van der Waals surface area contributed by atoms with Gasteiger partial charge in [0.1, 0.15) is 0 Å². The highest BCUT2D eigenvalue weighted by Gasteiger charge is 2.06. The van der Waals surface area contributed by atoms with E-state index in [1.807, 2.05) is 0 Å². The summed E-state index contributed by atoms with van der Waals surface area (Å²) in [6.45, 7) is 2.03. The van der Waals surface area contributed by atoms with Crippen LogP contribution in [-0.2, 0) is 6.54 Å². The van der Waals surface area contributed by atoms with Gasteiger partial charge < -0.3 is 14.6 Å². The third-order valence-electron chi connectivity index (χ3n) is 1.74. The number of hydrogen-bond acceptors (Lipinski definition) is 8. The van der Waals surface area contributed by atoms with Crippen molar-refractivity contribution in [1.82, 2.24) is 25.1 Å². The summed E-state index contributed by atoms with van der Waals surface area (Å²) in [5, 5.41) is 6.64. The van der Waals surface area contributed by atoms with Gasteiger partial charge in [-0.2, -0.15) is 19.9 Å². The first-order chi connectivity index (χ1) is 8.17. The molecule has 0 atom stereocenters. The van der Waals surface area contributed by atoms with Gasteiger partial charge in [0.25, 0.3) is 0 Å². The molecular weight excluding hydrogens is 248 g/mol. The Morgan fingerprint density at radius 1 is 1.29 bits per heavy atom. The average molecular weight is 257 g/mol. The lowest BCUT2D eigenvalue weighted by Gasteiger charge is -2.03. The molecule has 2 aromatic rings. The largest absolute Gasteiger partial charge is 0.467 e. The molecule has 0 saturated carbocycles. The van der Waals surface area contributed by atoms with E-state index in [0.717, 1.165) is 0 Å². The molecule has 9 heteroatoms. The Morgan fingerprint density at radius 2 is 2.12 bits per heavy atom. The van der Waals surface area contributed by atoms with Gasteiger partial charge in [0.05, 0.1) is 13.7 Å². The lowest BCUT2D eigenvalue weighted by Crippen LogP contribution is -2.07. The van der Waals surface area contributed by atoms with E-state index in [1.54, 1.807) is 6.92 Å². The molecule has 0 aliphatic carbocycles. The van der Waals surface area contributed by atoms with Crippen molar-refractivity contribution >= 4 is 17.5 Å². The molecular formula is C8H9ClN6O2. The molecule has 2 aromatic heterocycles. The van der Waals surface area contributed by atoms with Crippen LogP contribution in [0.3, 0.4) is 0 Å². The van der Waals surface area contributed by atoms with Crippen LogP contribution >= 0.6 is 11.6 Å². The number of nitrogens with zero attached hydrogens (tertiary/aromatic N) is 5. The summed E-state index contributed by atoms with van der Waals surface area (Å²) in [6, 6.07) is 0.136. The van der Waals surface area contributed by atoms with E-state index in [9.17, 15) is 0 Å². The molecule has 0 saturated heterocycles. The predicted octanol–water partition coefficient (Wildman–Crippen LogP) is 0.837. The Labute approximate surface area is 101 Å². The molecule has 8 nitrogen and oxygen atoms in total. The van der Waals surface area contributed by atoms with Crippen molar-refractivity contribution < 1.29 is 9.26 Å². The molecule has 0 amide bonds. The number of halogens is 1. The normalized spacial score (nSPS) is 10.3. The fraction of sp³-hybridized carbons (Fsp3) is 0.375. The number of hydrogen-bond donors (Lipinski definition) is 1. The highest BCUT2D eigenvalue weighted by Crippen LogP contribution is 2.11. The fourth-order valence-electron chi connectivity index (χ4n) is 1.07. The zero-order chi connectivity index (χ0) is 12.3. The zero-order valence-corrected chi connectivity index (χ0v) is 9.89. The summed E-state index contributed by atoms with van der Waals surface area (Å²) in [7, 11) is 1.44. The lowest BCUT2D eigenvalue weighted by molar-refractivity contribution is 0.378. The number of aromatic nitrogens is 5. The maximum atomic E-state index is 5.68. The summed E-state index contributed by atoms with van der Waals surface area (Å²) in [6.07, 6.45) is 0. The van der Waals surface area contributed by atoms with Gasteiger partial charge in [0.15, 0.2) is 5.82 Å². The number of aryl methyl sites for hydroxylation is 1. The summed E-state index contributed by atoms with van der Waals surface area (Å²) in [4.78, 5) is 15.6. The minimum atomic E-state index is 0.0450. The first-order valence-electron chi connectivity index (χ1n) is 4.66. The Hall–Kier alpha value is -1.96. The highest BCUT2D eigenvalue weighted by atomic mass is 35.5. The summed E-state index contributed by atoms with van der Waals surface area (Å²) >= 11 is 5.68. The van der Waals surface area contributed by atoms with Crippen LogP contribution in [0.5, 0.6) is 6.01 Å². The topological polar surface area (TPSA) is 98.9 Å². The third-order valence-corrected chi connectivity index (χ3v) is 1.91. The van der Waals surface area contributed by atoms with Gasteiger partial charge in [0, 0.05) is 6.92 Å². The number of methoxy groups -OCH3 is 1. The first kappa shape index (κ1) is 11.5. The van der Waals surface area contributed by atoms with E-state index in [1.165, 1.54) is 7.11 Å². The SMILES string of the molecule is COc1nc(Cl)nc(NCc2noc(C)n2)n1. The van der Waals surface area contributed by atoms with Crippen LogP contribution in [0.4, 0.5) is 5.95 Å². The molecule has 1 N–H and O–H groups in total. The van der Waals surface area contributed by atoms with E-state index >= 15 is 0 Å². The van der Waals surface area contributed by atoms with Gasteiger partial charge in [0.2, 0.25) is 17.1 Å². The van der Waals surface area contributed by atoms with Gasteiger partial charge in [-0.25, -0.2) is 0 Å².